The first-order valence-electron chi connectivity index (χ1n) is 8.06. The Labute approximate surface area is 169 Å². The summed E-state index contributed by atoms with van der Waals surface area (Å²) in [5, 5.41) is 2.71. The van der Waals surface area contributed by atoms with Crippen molar-refractivity contribution in [2.75, 3.05) is 18.5 Å². The first-order chi connectivity index (χ1) is 12.4. The van der Waals surface area contributed by atoms with Crippen LogP contribution in [-0.2, 0) is 9.53 Å². The molecule has 0 aliphatic rings. The lowest BCUT2D eigenvalue weighted by molar-refractivity contribution is -0.119. The Kier molecular flexibility index (Phi) is 7.66. The van der Waals surface area contributed by atoms with Gasteiger partial charge in [-0.15, -0.1) is 0 Å². The largest absolute Gasteiger partial charge is 0.494 e. The molecule has 2 aromatic carbocycles. The lowest BCUT2D eigenvalue weighted by Gasteiger charge is -2.11. The van der Waals surface area contributed by atoms with Gasteiger partial charge in [-0.3, -0.25) is 4.79 Å². The fraction of sp³-hybridized carbons (Fsp3) is 0.263. The lowest BCUT2D eigenvalue weighted by Crippen LogP contribution is -2.21. The van der Waals surface area contributed by atoms with Gasteiger partial charge in [0.05, 0.1) is 17.9 Å². The highest BCUT2D eigenvalue weighted by Gasteiger charge is 2.13. The van der Waals surface area contributed by atoms with Crippen LogP contribution in [0.25, 0.3) is 0 Å². The van der Waals surface area contributed by atoms with Crippen LogP contribution in [0.3, 0.4) is 0 Å². The summed E-state index contributed by atoms with van der Waals surface area (Å²) < 4.78 is 12.0. The number of benzene rings is 2. The molecular formula is C19H19Br2NO4. The van der Waals surface area contributed by atoms with Crippen LogP contribution >= 0.6 is 31.9 Å². The van der Waals surface area contributed by atoms with Crippen molar-refractivity contribution in [1.29, 1.82) is 0 Å². The highest BCUT2D eigenvalue weighted by molar-refractivity contribution is 9.11. The molecule has 2 aromatic rings. The molecule has 2 rings (SSSR count). The van der Waals surface area contributed by atoms with Crippen LogP contribution in [0, 0.1) is 6.92 Å². The predicted molar refractivity (Wildman–Crippen MR) is 108 cm³/mol. The van der Waals surface area contributed by atoms with Gasteiger partial charge in [0.1, 0.15) is 5.75 Å². The van der Waals surface area contributed by atoms with Gasteiger partial charge in [0.2, 0.25) is 0 Å². The molecule has 0 aromatic heterocycles. The maximum Gasteiger partial charge on any atom is 0.338 e. The number of ether oxygens (including phenoxy) is 2. The van der Waals surface area contributed by atoms with Crippen LogP contribution in [0.2, 0.25) is 0 Å². The second-order valence-electron chi connectivity index (χ2n) is 5.60. The molecule has 1 amide bonds. The lowest BCUT2D eigenvalue weighted by atomic mass is 10.2. The van der Waals surface area contributed by atoms with Crippen LogP contribution in [0.1, 0.15) is 29.3 Å². The minimum Gasteiger partial charge on any atom is -0.494 e. The second kappa shape index (κ2) is 9.73. The van der Waals surface area contributed by atoms with E-state index in [4.69, 9.17) is 9.47 Å². The van der Waals surface area contributed by atoms with Crippen molar-refractivity contribution in [3.05, 3.63) is 56.5 Å². The van der Waals surface area contributed by atoms with Gasteiger partial charge >= 0.3 is 5.97 Å². The van der Waals surface area contributed by atoms with Crippen molar-refractivity contribution in [1.82, 2.24) is 0 Å². The van der Waals surface area contributed by atoms with Gasteiger partial charge in [0.15, 0.2) is 6.61 Å². The van der Waals surface area contributed by atoms with E-state index in [0.717, 1.165) is 20.9 Å². The van der Waals surface area contributed by atoms with E-state index in [1.807, 2.05) is 26.0 Å². The van der Waals surface area contributed by atoms with Crippen LogP contribution < -0.4 is 10.1 Å². The molecule has 7 heteroatoms. The number of aryl methyl sites for hydroxylation is 1. The number of carbonyl (C=O) groups is 2. The number of esters is 1. The minimum absolute atomic E-state index is 0.361. The molecule has 0 heterocycles. The van der Waals surface area contributed by atoms with Crippen LogP contribution in [-0.4, -0.2) is 25.1 Å². The van der Waals surface area contributed by atoms with E-state index in [2.05, 4.69) is 37.2 Å². The number of rotatable bonds is 7. The molecule has 0 atom stereocenters. The molecule has 0 saturated carbocycles. The molecule has 0 aliphatic heterocycles. The third-order valence-corrected chi connectivity index (χ3v) is 4.60. The molecule has 26 heavy (non-hydrogen) atoms. The van der Waals surface area contributed by atoms with Crippen molar-refractivity contribution >= 4 is 49.4 Å². The van der Waals surface area contributed by atoms with Crippen molar-refractivity contribution in [2.45, 2.75) is 20.3 Å². The topological polar surface area (TPSA) is 64.6 Å². The Morgan fingerprint density at radius 2 is 1.69 bits per heavy atom. The van der Waals surface area contributed by atoms with Crippen molar-refractivity contribution < 1.29 is 19.1 Å². The average Bonchev–Trinajstić information content (AvgIpc) is 2.61. The quantitative estimate of drug-likeness (QED) is 0.555. The van der Waals surface area contributed by atoms with Crippen LogP contribution in [0.15, 0.2) is 45.3 Å². The fourth-order valence-electron chi connectivity index (χ4n) is 2.12. The van der Waals surface area contributed by atoms with Crippen molar-refractivity contribution in [3.63, 3.8) is 0 Å². The third-order valence-electron chi connectivity index (χ3n) is 3.35. The zero-order valence-electron chi connectivity index (χ0n) is 14.5. The molecule has 0 spiro atoms. The van der Waals surface area contributed by atoms with Gasteiger partial charge in [-0.1, -0.05) is 6.92 Å². The molecule has 0 fully saturated rings. The summed E-state index contributed by atoms with van der Waals surface area (Å²) in [6.45, 7) is 4.21. The summed E-state index contributed by atoms with van der Waals surface area (Å²) in [7, 11) is 0. The van der Waals surface area contributed by atoms with E-state index in [-0.39, 0.29) is 6.61 Å². The molecule has 0 radical (unpaired) electrons. The van der Waals surface area contributed by atoms with Gasteiger partial charge in [-0.2, -0.15) is 0 Å². The first-order valence-corrected chi connectivity index (χ1v) is 9.64. The van der Waals surface area contributed by atoms with E-state index in [1.165, 1.54) is 0 Å². The van der Waals surface area contributed by atoms with Gasteiger partial charge in [-0.25, -0.2) is 4.79 Å². The maximum atomic E-state index is 12.1. The van der Waals surface area contributed by atoms with Crippen molar-refractivity contribution in [3.8, 4) is 5.75 Å². The number of halogens is 2. The van der Waals surface area contributed by atoms with Gasteiger partial charge in [0, 0.05) is 8.95 Å². The van der Waals surface area contributed by atoms with E-state index in [0.29, 0.717) is 23.6 Å². The molecule has 0 bridgehead atoms. The summed E-state index contributed by atoms with van der Waals surface area (Å²) in [5.41, 5.74) is 1.99. The smallest absolute Gasteiger partial charge is 0.338 e. The Morgan fingerprint density at radius 3 is 2.27 bits per heavy atom. The highest BCUT2D eigenvalue weighted by Crippen LogP contribution is 2.32. The third kappa shape index (κ3) is 5.85. The zero-order valence-corrected chi connectivity index (χ0v) is 17.6. The van der Waals surface area contributed by atoms with E-state index in [9.17, 15) is 9.59 Å². The second-order valence-corrected chi connectivity index (χ2v) is 7.31. The summed E-state index contributed by atoms with van der Waals surface area (Å²) in [6, 6.07) is 10.4. The molecule has 1 N–H and O–H groups in total. The number of nitrogens with one attached hydrogen (secondary N) is 1. The van der Waals surface area contributed by atoms with E-state index in [1.54, 1.807) is 24.3 Å². The summed E-state index contributed by atoms with van der Waals surface area (Å²) in [4.78, 5) is 24.1. The van der Waals surface area contributed by atoms with Gasteiger partial charge in [0.25, 0.3) is 5.91 Å². The van der Waals surface area contributed by atoms with Gasteiger partial charge < -0.3 is 14.8 Å². The number of anilines is 1. The summed E-state index contributed by atoms with van der Waals surface area (Å²) >= 11 is 6.81. The average molecular weight is 485 g/mol. The van der Waals surface area contributed by atoms with E-state index >= 15 is 0 Å². The monoisotopic (exact) mass is 483 g/mol. The van der Waals surface area contributed by atoms with Crippen LogP contribution in [0.4, 0.5) is 5.69 Å². The zero-order chi connectivity index (χ0) is 19.1. The van der Waals surface area contributed by atoms with Crippen molar-refractivity contribution in [2.24, 2.45) is 0 Å². The molecule has 0 unspecified atom stereocenters. The summed E-state index contributed by atoms with van der Waals surface area (Å²) in [5.74, 6) is -0.300. The Balaban J connectivity index is 1.90. The normalized spacial score (nSPS) is 10.3. The van der Waals surface area contributed by atoms with E-state index < -0.39 is 11.9 Å². The molecular weight excluding hydrogens is 466 g/mol. The van der Waals surface area contributed by atoms with Crippen LogP contribution in [0.5, 0.6) is 5.75 Å². The standard InChI is InChI=1S/C19H19Br2NO4/c1-3-8-25-14-6-4-13(5-7-14)19(24)26-11-17(23)22-18-15(20)9-12(2)10-16(18)21/h4-7,9-10H,3,8,11H2,1-2H3,(H,22,23). The summed E-state index contributed by atoms with van der Waals surface area (Å²) in [6.07, 6.45) is 0.909. The fourth-order valence-corrected chi connectivity index (χ4v) is 3.73. The first kappa shape index (κ1) is 20.5. The number of carbonyl (C=O) groups excluding carboxylic acids is 2. The Morgan fingerprint density at radius 1 is 1.08 bits per heavy atom. The highest BCUT2D eigenvalue weighted by atomic mass is 79.9. The molecule has 0 saturated heterocycles. The number of hydrogen-bond donors (Lipinski definition) is 1. The maximum absolute atomic E-state index is 12.1. The number of amides is 1. The molecule has 0 aliphatic carbocycles. The minimum atomic E-state index is -0.566. The predicted octanol–water partition coefficient (Wildman–Crippen LogP) is 5.10. The Hall–Kier alpha value is -1.86. The number of hydrogen-bond acceptors (Lipinski definition) is 4. The van der Waals surface area contributed by atoms with Gasteiger partial charge in [-0.05, 0) is 87.2 Å². The Bertz CT molecular complexity index is 768. The molecule has 5 nitrogen and oxygen atoms in total. The SMILES string of the molecule is CCCOc1ccc(C(=O)OCC(=O)Nc2c(Br)cc(C)cc2Br)cc1. The molecule has 138 valence electrons.